The molecule has 0 N–H and O–H groups in total. The average Bonchev–Trinajstić information content (AvgIpc) is 2.16. The van der Waals surface area contributed by atoms with Crippen LogP contribution in [0.3, 0.4) is 0 Å². The highest BCUT2D eigenvalue weighted by atomic mass is 16.5. The van der Waals surface area contributed by atoms with Crippen LogP contribution in [0.4, 0.5) is 0 Å². The molecule has 0 heterocycles. The molecule has 0 saturated heterocycles. The Bertz CT molecular complexity index is 254. The number of nitrogens with zero attached hydrogens (tertiary/aromatic N) is 1. The van der Waals surface area contributed by atoms with Crippen molar-refractivity contribution >= 4 is 5.90 Å². The van der Waals surface area contributed by atoms with Crippen LogP contribution in [0, 0.1) is 0 Å². The van der Waals surface area contributed by atoms with Crippen LogP contribution in [0.2, 0.25) is 0 Å². The average molecular weight is 163 g/mol. The van der Waals surface area contributed by atoms with E-state index in [0.29, 0.717) is 6.61 Å². The van der Waals surface area contributed by atoms with Gasteiger partial charge < -0.3 is 4.74 Å². The minimum absolute atomic E-state index is 0.601. The third-order valence-electron chi connectivity index (χ3n) is 1.61. The third-order valence-corrected chi connectivity index (χ3v) is 1.61. The van der Waals surface area contributed by atoms with E-state index in [1.807, 2.05) is 37.3 Å². The summed E-state index contributed by atoms with van der Waals surface area (Å²) >= 11 is 0. The number of hydrogen-bond acceptors (Lipinski definition) is 2. The van der Waals surface area contributed by atoms with Crippen molar-refractivity contribution < 1.29 is 4.74 Å². The second kappa shape index (κ2) is 4.54. The molecule has 0 aliphatic rings. The van der Waals surface area contributed by atoms with Crippen molar-refractivity contribution in [3.8, 4) is 0 Å². The van der Waals surface area contributed by atoms with Crippen molar-refractivity contribution in [1.29, 1.82) is 0 Å². The van der Waals surface area contributed by atoms with E-state index < -0.39 is 0 Å². The molecule has 0 spiro atoms. The highest BCUT2D eigenvalue weighted by Gasteiger charge is 1.91. The van der Waals surface area contributed by atoms with Crippen LogP contribution in [-0.2, 0) is 11.3 Å². The Morgan fingerprint density at radius 1 is 1.33 bits per heavy atom. The van der Waals surface area contributed by atoms with Gasteiger partial charge in [0.25, 0.3) is 0 Å². The maximum absolute atomic E-state index is 5.33. The molecule has 1 rings (SSSR count). The summed E-state index contributed by atoms with van der Waals surface area (Å²) in [5, 5.41) is 0. The number of ether oxygens (including phenoxy) is 1. The Balaban J connectivity index is 2.44. The fourth-order valence-electron chi connectivity index (χ4n) is 0.827. The van der Waals surface area contributed by atoms with Gasteiger partial charge in [0.05, 0.1) is 0 Å². The van der Waals surface area contributed by atoms with Crippen molar-refractivity contribution in [3.05, 3.63) is 35.9 Å². The molecule has 0 atom stereocenters. The summed E-state index contributed by atoms with van der Waals surface area (Å²) in [4.78, 5) is 3.90. The molecule has 2 nitrogen and oxygen atoms in total. The van der Waals surface area contributed by atoms with Gasteiger partial charge in [-0.1, -0.05) is 30.3 Å². The first-order valence-corrected chi connectivity index (χ1v) is 3.93. The number of benzene rings is 1. The smallest absolute Gasteiger partial charge is 0.180 e. The van der Waals surface area contributed by atoms with Gasteiger partial charge in [0, 0.05) is 14.0 Å². The van der Waals surface area contributed by atoms with E-state index in [4.69, 9.17) is 4.74 Å². The first-order chi connectivity index (χ1) is 5.83. The van der Waals surface area contributed by atoms with Crippen LogP contribution < -0.4 is 0 Å². The maximum atomic E-state index is 5.33. The van der Waals surface area contributed by atoms with E-state index in [1.165, 1.54) is 5.56 Å². The van der Waals surface area contributed by atoms with Crippen molar-refractivity contribution in [2.24, 2.45) is 4.99 Å². The van der Waals surface area contributed by atoms with Gasteiger partial charge in [-0.2, -0.15) is 0 Å². The van der Waals surface area contributed by atoms with Crippen molar-refractivity contribution in [2.75, 3.05) is 7.05 Å². The summed E-state index contributed by atoms with van der Waals surface area (Å²) < 4.78 is 5.33. The summed E-state index contributed by atoms with van der Waals surface area (Å²) in [5.41, 5.74) is 1.17. The number of hydrogen-bond donors (Lipinski definition) is 0. The molecule has 0 fully saturated rings. The first kappa shape index (κ1) is 8.78. The van der Waals surface area contributed by atoms with Crippen molar-refractivity contribution in [2.45, 2.75) is 13.5 Å². The second-order valence-electron chi connectivity index (χ2n) is 2.52. The van der Waals surface area contributed by atoms with E-state index in [-0.39, 0.29) is 0 Å². The summed E-state index contributed by atoms with van der Waals surface area (Å²) in [6.07, 6.45) is 0. The fourth-order valence-corrected chi connectivity index (χ4v) is 0.827. The van der Waals surface area contributed by atoms with E-state index in [1.54, 1.807) is 7.05 Å². The summed E-state index contributed by atoms with van der Waals surface area (Å²) in [7, 11) is 1.72. The van der Waals surface area contributed by atoms with Crippen LogP contribution in [0.1, 0.15) is 12.5 Å². The van der Waals surface area contributed by atoms with Gasteiger partial charge in [-0.15, -0.1) is 0 Å². The van der Waals surface area contributed by atoms with Crippen LogP contribution in [-0.4, -0.2) is 12.9 Å². The van der Waals surface area contributed by atoms with Gasteiger partial charge in [0.2, 0.25) is 0 Å². The van der Waals surface area contributed by atoms with Gasteiger partial charge in [0.15, 0.2) is 5.90 Å². The van der Waals surface area contributed by atoms with Gasteiger partial charge in [-0.3, -0.25) is 4.99 Å². The molecule has 0 amide bonds. The summed E-state index contributed by atoms with van der Waals surface area (Å²) in [5.74, 6) is 0.721. The van der Waals surface area contributed by atoms with Crippen molar-refractivity contribution in [1.82, 2.24) is 0 Å². The molecule has 2 heteroatoms. The summed E-state index contributed by atoms with van der Waals surface area (Å²) in [6, 6.07) is 10.0. The van der Waals surface area contributed by atoms with Crippen LogP contribution in [0.25, 0.3) is 0 Å². The highest BCUT2D eigenvalue weighted by Crippen LogP contribution is 2.00. The molecular weight excluding hydrogens is 150 g/mol. The lowest BCUT2D eigenvalue weighted by Crippen LogP contribution is -1.99. The molecule has 0 aliphatic carbocycles. The Kier molecular flexibility index (Phi) is 3.33. The lowest BCUT2D eigenvalue weighted by Gasteiger charge is -2.03. The molecule has 0 bridgehead atoms. The SMILES string of the molecule is CN=C(C)OCc1ccccc1. The normalized spacial score (nSPS) is 11.3. The number of rotatable bonds is 2. The third kappa shape index (κ3) is 2.74. The molecule has 0 aromatic heterocycles. The minimum atomic E-state index is 0.601. The molecular formula is C10H13NO. The molecule has 0 radical (unpaired) electrons. The molecule has 0 aliphatic heterocycles. The van der Waals surface area contributed by atoms with E-state index in [0.717, 1.165) is 5.90 Å². The van der Waals surface area contributed by atoms with Crippen LogP contribution >= 0.6 is 0 Å². The monoisotopic (exact) mass is 163 g/mol. The second-order valence-corrected chi connectivity index (χ2v) is 2.52. The Hall–Kier alpha value is -1.31. The zero-order valence-electron chi connectivity index (χ0n) is 7.45. The van der Waals surface area contributed by atoms with Crippen LogP contribution in [0.15, 0.2) is 35.3 Å². The Labute approximate surface area is 72.9 Å². The van der Waals surface area contributed by atoms with E-state index in [2.05, 4.69) is 4.99 Å². The Morgan fingerprint density at radius 2 is 2.00 bits per heavy atom. The zero-order chi connectivity index (χ0) is 8.81. The van der Waals surface area contributed by atoms with E-state index in [9.17, 15) is 0 Å². The molecule has 1 aromatic carbocycles. The maximum Gasteiger partial charge on any atom is 0.180 e. The van der Waals surface area contributed by atoms with E-state index >= 15 is 0 Å². The topological polar surface area (TPSA) is 21.6 Å². The predicted octanol–water partition coefficient (Wildman–Crippen LogP) is 2.25. The Morgan fingerprint density at radius 3 is 2.58 bits per heavy atom. The van der Waals surface area contributed by atoms with Crippen LogP contribution in [0.5, 0.6) is 0 Å². The quantitative estimate of drug-likeness (QED) is 0.484. The predicted molar refractivity (Wildman–Crippen MR) is 50.3 cm³/mol. The van der Waals surface area contributed by atoms with Crippen molar-refractivity contribution in [3.63, 3.8) is 0 Å². The fraction of sp³-hybridized carbons (Fsp3) is 0.300. The lowest BCUT2D eigenvalue weighted by molar-refractivity contribution is 0.289. The van der Waals surface area contributed by atoms with Gasteiger partial charge in [0.1, 0.15) is 6.61 Å². The number of aliphatic imine (C=N–C) groups is 1. The molecule has 0 unspecified atom stereocenters. The van der Waals surface area contributed by atoms with Gasteiger partial charge in [-0.05, 0) is 5.56 Å². The minimum Gasteiger partial charge on any atom is -0.476 e. The lowest BCUT2D eigenvalue weighted by atomic mass is 10.2. The molecule has 0 saturated carbocycles. The molecule has 12 heavy (non-hydrogen) atoms. The van der Waals surface area contributed by atoms with Gasteiger partial charge >= 0.3 is 0 Å². The highest BCUT2D eigenvalue weighted by molar-refractivity contribution is 5.72. The summed E-state index contributed by atoms with van der Waals surface area (Å²) in [6.45, 7) is 2.45. The van der Waals surface area contributed by atoms with Gasteiger partial charge in [-0.25, -0.2) is 0 Å². The standard InChI is InChI=1S/C10H13NO/c1-9(11-2)12-8-10-6-4-3-5-7-10/h3-7H,8H2,1-2H3. The molecule has 64 valence electrons. The zero-order valence-corrected chi connectivity index (χ0v) is 7.45. The largest absolute Gasteiger partial charge is 0.476 e. The first-order valence-electron chi connectivity index (χ1n) is 3.93. The molecule has 1 aromatic rings.